The highest BCUT2D eigenvalue weighted by Crippen LogP contribution is 2.16. The molecule has 3 rings (SSSR count). The number of rotatable bonds is 4. The lowest BCUT2D eigenvalue weighted by Crippen LogP contribution is -2.18. The standard InChI is InChI=1S/C18H17ClN4S/c1-13-5-2-3-6-14(13)11-23-12-17(10-20-23)22-18(24)21-16-8-4-7-15(19)9-16/h2-10,12H,11H2,1H3,(H2,21,22,24). The fourth-order valence-electron chi connectivity index (χ4n) is 2.34. The Hall–Kier alpha value is -2.37. The van der Waals surface area contributed by atoms with E-state index < -0.39 is 0 Å². The van der Waals surface area contributed by atoms with Gasteiger partial charge in [0, 0.05) is 16.9 Å². The average Bonchev–Trinajstić information content (AvgIpc) is 2.96. The van der Waals surface area contributed by atoms with Crippen LogP contribution in [0.1, 0.15) is 11.1 Å². The van der Waals surface area contributed by atoms with Gasteiger partial charge < -0.3 is 10.6 Å². The Morgan fingerprint density at radius 2 is 1.92 bits per heavy atom. The van der Waals surface area contributed by atoms with Crippen molar-refractivity contribution in [1.29, 1.82) is 0 Å². The zero-order valence-electron chi connectivity index (χ0n) is 13.2. The van der Waals surface area contributed by atoms with Gasteiger partial charge in [-0.1, -0.05) is 41.9 Å². The van der Waals surface area contributed by atoms with Crippen molar-refractivity contribution in [3.05, 3.63) is 77.1 Å². The topological polar surface area (TPSA) is 41.9 Å². The van der Waals surface area contributed by atoms with Crippen LogP contribution in [-0.2, 0) is 6.54 Å². The van der Waals surface area contributed by atoms with Gasteiger partial charge in [0.25, 0.3) is 0 Å². The number of hydrogen-bond acceptors (Lipinski definition) is 2. The van der Waals surface area contributed by atoms with Crippen LogP contribution in [0.25, 0.3) is 0 Å². The molecule has 122 valence electrons. The molecule has 0 amide bonds. The molecule has 0 aliphatic rings. The Kier molecular flexibility index (Phi) is 5.13. The van der Waals surface area contributed by atoms with Crippen molar-refractivity contribution in [2.24, 2.45) is 0 Å². The molecule has 1 heterocycles. The van der Waals surface area contributed by atoms with Crippen LogP contribution in [0.15, 0.2) is 60.9 Å². The number of thiocarbonyl (C=S) groups is 1. The van der Waals surface area contributed by atoms with Gasteiger partial charge in [0.05, 0.1) is 18.4 Å². The van der Waals surface area contributed by atoms with Crippen LogP contribution < -0.4 is 10.6 Å². The van der Waals surface area contributed by atoms with Crippen LogP contribution in [0.5, 0.6) is 0 Å². The van der Waals surface area contributed by atoms with Gasteiger partial charge >= 0.3 is 0 Å². The quantitative estimate of drug-likeness (QED) is 0.665. The summed E-state index contributed by atoms with van der Waals surface area (Å²) in [6.45, 7) is 2.82. The normalized spacial score (nSPS) is 10.4. The van der Waals surface area contributed by atoms with E-state index in [1.165, 1.54) is 11.1 Å². The molecule has 3 aromatic rings. The van der Waals surface area contributed by atoms with E-state index in [0.29, 0.717) is 10.1 Å². The van der Waals surface area contributed by atoms with Gasteiger partial charge in [-0.2, -0.15) is 5.10 Å². The molecule has 0 saturated carbocycles. The Morgan fingerprint density at radius 1 is 1.12 bits per heavy atom. The fraction of sp³-hybridized carbons (Fsp3) is 0.111. The van der Waals surface area contributed by atoms with Crippen LogP contribution in [0.2, 0.25) is 5.02 Å². The first-order chi connectivity index (χ1) is 11.6. The first-order valence-corrected chi connectivity index (χ1v) is 8.29. The molecule has 1 aromatic heterocycles. The minimum absolute atomic E-state index is 0.493. The molecule has 6 heteroatoms. The van der Waals surface area contributed by atoms with Gasteiger partial charge in [-0.05, 0) is 48.5 Å². The van der Waals surface area contributed by atoms with E-state index in [4.69, 9.17) is 23.8 Å². The SMILES string of the molecule is Cc1ccccc1Cn1cc(NC(=S)Nc2cccc(Cl)c2)cn1. The third-order valence-corrected chi connectivity index (χ3v) is 4.01. The number of nitrogens with one attached hydrogen (secondary N) is 2. The van der Waals surface area contributed by atoms with Crippen molar-refractivity contribution >= 4 is 40.3 Å². The first kappa shape index (κ1) is 16.5. The second kappa shape index (κ2) is 7.47. The summed E-state index contributed by atoms with van der Waals surface area (Å²) in [7, 11) is 0. The van der Waals surface area contributed by atoms with Gasteiger partial charge in [0.2, 0.25) is 0 Å². The highest BCUT2D eigenvalue weighted by molar-refractivity contribution is 7.80. The molecule has 4 nitrogen and oxygen atoms in total. The van der Waals surface area contributed by atoms with E-state index >= 15 is 0 Å². The molecule has 2 N–H and O–H groups in total. The number of aromatic nitrogens is 2. The minimum atomic E-state index is 0.493. The number of anilines is 2. The van der Waals surface area contributed by atoms with Crippen molar-refractivity contribution in [3.8, 4) is 0 Å². The maximum Gasteiger partial charge on any atom is 0.175 e. The van der Waals surface area contributed by atoms with Crippen LogP contribution in [-0.4, -0.2) is 14.9 Å². The molecule has 0 atom stereocenters. The second-order valence-electron chi connectivity index (χ2n) is 5.44. The maximum atomic E-state index is 5.96. The lowest BCUT2D eigenvalue weighted by Gasteiger charge is -2.09. The largest absolute Gasteiger partial charge is 0.332 e. The molecule has 0 bridgehead atoms. The molecular weight excluding hydrogens is 340 g/mol. The summed E-state index contributed by atoms with van der Waals surface area (Å²) < 4.78 is 1.88. The van der Waals surface area contributed by atoms with Gasteiger partial charge in [0.1, 0.15) is 0 Å². The molecule has 0 aliphatic heterocycles. The molecule has 0 saturated heterocycles. The maximum absolute atomic E-state index is 5.96. The van der Waals surface area contributed by atoms with E-state index in [-0.39, 0.29) is 0 Å². The summed E-state index contributed by atoms with van der Waals surface area (Å²) in [5, 5.41) is 11.7. The number of benzene rings is 2. The van der Waals surface area contributed by atoms with Gasteiger partial charge in [0.15, 0.2) is 5.11 Å². The van der Waals surface area contributed by atoms with Crippen molar-refractivity contribution < 1.29 is 0 Å². The van der Waals surface area contributed by atoms with E-state index in [1.54, 1.807) is 6.20 Å². The molecule has 0 fully saturated rings. The summed E-state index contributed by atoms with van der Waals surface area (Å²) in [6.07, 6.45) is 3.68. The lowest BCUT2D eigenvalue weighted by molar-refractivity contribution is 0.684. The predicted octanol–water partition coefficient (Wildman–Crippen LogP) is 4.70. The minimum Gasteiger partial charge on any atom is -0.332 e. The van der Waals surface area contributed by atoms with Gasteiger partial charge in [-0.3, -0.25) is 4.68 Å². The zero-order chi connectivity index (χ0) is 16.9. The second-order valence-corrected chi connectivity index (χ2v) is 6.29. The van der Waals surface area contributed by atoms with Crippen molar-refractivity contribution in [3.63, 3.8) is 0 Å². The summed E-state index contributed by atoms with van der Waals surface area (Å²) >= 11 is 11.3. The molecule has 0 unspecified atom stereocenters. The molecule has 0 radical (unpaired) electrons. The van der Waals surface area contributed by atoms with Gasteiger partial charge in [-0.25, -0.2) is 0 Å². The fourth-order valence-corrected chi connectivity index (χ4v) is 2.76. The zero-order valence-corrected chi connectivity index (χ0v) is 14.7. The first-order valence-electron chi connectivity index (χ1n) is 7.51. The number of hydrogen-bond donors (Lipinski definition) is 2. The highest BCUT2D eigenvalue weighted by Gasteiger charge is 2.04. The van der Waals surface area contributed by atoms with Crippen LogP contribution in [0, 0.1) is 6.92 Å². The molecule has 24 heavy (non-hydrogen) atoms. The number of aryl methyl sites for hydroxylation is 1. The predicted molar refractivity (Wildman–Crippen MR) is 104 cm³/mol. The number of halogens is 1. The van der Waals surface area contributed by atoms with Crippen molar-refractivity contribution in [1.82, 2.24) is 9.78 Å². The Bertz CT molecular complexity index is 859. The lowest BCUT2D eigenvalue weighted by atomic mass is 10.1. The van der Waals surface area contributed by atoms with Crippen LogP contribution in [0.4, 0.5) is 11.4 Å². The molecule has 0 spiro atoms. The van der Waals surface area contributed by atoms with E-state index in [0.717, 1.165) is 17.9 Å². The summed E-state index contributed by atoms with van der Waals surface area (Å²) in [6, 6.07) is 15.7. The Labute approximate surface area is 151 Å². The third-order valence-electron chi connectivity index (χ3n) is 3.57. The summed E-state index contributed by atoms with van der Waals surface area (Å²) in [5.74, 6) is 0. The van der Waals surface area contributed by atoms with Crippen molar-refractivity contribution in [2.75, 3.05) is 10.6 Å². The Morgan fingerprint density at radius 3 is 2.71 bits per heavy atom. The van der Waals surface area contributed by atoms with Crippen LogP contribution >= 0.6 is 23.8 Å². The highest BCUT2D eigenvalue weighted by atomic mass is 35.5. The monoisotopic (exact) mass is 356 g/mol. The van der Waals surface area contributed by atoms with Crippen molar-refractivity contribution in [2.45, 2.75) is 13.5 Å². The van der Waals surface area contributed by atoms with E-state index in [9.17, 15) is 0 Å². The Balaban J connectivity index is 1.61. The summed E-state index contributed by atoms with van der Waals surface area (Å²) in [4.78, 5) is 0. The van der Waals surface area contributed by atoms with Gasteiger partial charge in [-0.15, -0.1) is 0 Å². The van der Waals surface area contributed by atoms with E-state index in [2.05, 4.69) is 34.8 Å². The molecular formula is C18H17ClN4S. The third kappa shape index (κ3) is 4.34. The summed E-state index contributed by atoms with van der Waals surface area (Å²) in [5.41, 5.74) is 4.17. The molecule has 2 aromatic carbocycles. The molecule has 0 aliphatic carbocycles. The average molecular weight is 357 g/mol. The van der Waals surface area contributed by atoms with E-state index in [1.807, 2.05) is 47.3 Å². The number of nitrogens with zero attached hydrogens (tertiary/aromatic N) is 2. The van der Waals surface area contributed by atoms with Crippen LogP contribution in [0.3, 0.4) is 0 Å². The smallest absolute Gasteiger partial charge is 0.175 e.